The first-order valence-corrected chi connectivity index (χ1v) is 14.2. The van der Waals surface area contributed by atoms with Gasteiger partial charge in [0.15, 0.2) is 11.5 Å². The summed E-state index contributed by atoms with van der Waals surface area (Å²) in [5.74, 6) is 1.24. The SMILES string of the molecule is COc1cc(CN(CC2CCCCC2)C2CCc3c2ccc(F)c3Cl)ccc1OCCN1C(=O)CCC1=O. The van der Waals surface area contributed by atoms with Gasteiger partial charge in [-0.3, -0.25) is 19.4 Å². The second-order valence-electron chi connectivity index (χ2n) is 10.7. The smallest absolute Gasteiger partial charge is 0.229 e. The molecule has 0 N–H and O–H groups in total. The number of carbonyl (C=O) groups excluding carboxylic acids is 2. The molecule has 2 aliphatic carbocycles. The van der Waals surface area contributed by atoms with Crippen LogP contribution < -0.4 is 9.47 Å². The highest BCUT2D eigenvalue weighted by Crippen LogP contribution is 2.42. The van der Waals surface area contributed by atoms with Crippen molar-refractivity contribution in [1.82, 2.24) is 9.80 Å². The Balaban J connectivity index is 1.31. The number of hydrogen-bond acceptors (Lipinski definition) is 5. The van der Waals surface area contributed by atoms with Crippen molar-refractivity contribution >= 4 is 23.4 Å². The Morgan fingerprint density at radius 2 is 1.76 bits per heavy atom. The van der Waals surface area contributed by atoms with E-state index in [4.69, 9.17) is 21.1 Å². The van der Waals surface area contributed by atoms with E-state index in [1.54, 1.807) is 7.11 Å². The largest absolute Gasteiger partial charge is 0.493 e. The maximum Gasteiger partial charge on any atom is 0.229 e. The fraction of sp³-hybridized carbons (Fsp3) is 0.533. The van der Waals surface area contributed by atoms with E-state index in [0.717, 1.165) is 42.6 Å². The van der Waals surface area contributed by atoms with Crippen LogP contribution in [0.2, 0.25) is 5.02 Å². The zero-order valence-electron chi connectivity index (χ0n) is 22.0. The summed E-state index contributed by atoms with van der Waals surface area (Å²) in [5, 5.41) is 0.267. The van der Waals surface area contributed by atoms with Crippen LogP contribution in [-0.2, 0) is 22.6 Å². The van der Waals surface area contributed by atoms with Crippen molar-refractivity contribution in [2.75, 3.05) is 26.8 Å². The van der Waals surface area contributed by atoms with Crippen LogP contribution in [0.15, 0.2) is 30.3 Å². The normalized spacial score (nSPS) is 19.9. The van der Waals surface area contributed by atoms with Crippen molar-refractivity contribution < 1.29 is 23.5 Å². The molecule has 1 saturated heterocycles. The first kappa shape index (κ1) is 26.9. The number of carbonyl (C=O) groups is 2. The molecule has 6 nitrogen and oxygen atoms in total. The molecule has 5 rings (SSSR count). The van der Waals surface area contributed by atoms with E-state index in [1.807, 2.05) is 24.3 Å². The lowest BCUT2D eigenvalue weighted by atomic mass is 9.88. The third kappa shape index (κ3) is 5.84. The highest BCUT2D eigenvalue weighted by atomic mass is 35.5. The number of benzene rings is 2. The van der Waals surface area contributed by atoms with Crippen LogP contribution in [0.3, 0.4) is 0 Å². The van der Waals surface area contributed by atoms with E-state index in [2.05, 4.69) is 4.90 Å². The van der Waals surface area contributed by atoms with Gasteiger partial charge in [0.1, 0.15) is 12.4 Å². The third-order valence-electron chi connectivity index (χ3n) is 8.26. The molecular formula is C30H36ClFN2O4. The van der Waals surface area contributed by atoms with Gasteiger partial charge in [0.05, 0.1) is 18.7 Å². The van der Waals surface area contributed by atoms with Gasteiger partial charge in [-0.25, -0.2) is 4.39 Å². The van der Waals surface area contributed by atoms with Gasteiger partial charge in [-0.15, -0.1) is 0 Å². The molecule has 1 aliphatic heterocycles. The van der Waals surface area contributed by atoms with Crippen molar-refractivity contribution in [3.05, 3.63) is 57.9 Å². The average molecular weight is 543 g/mol. The van der Waals surface area contributed by atoms with Crippen LogP contribution in [0.4, 0.5) is 4.39 Å². The second kappa shape index (κ2) is 12.0. The molecule has 2 amide bonds. The van der Waals surface area contributed by atoms with Gasteiger partial charge < -0.3 is 9.47 Å². The number of ether oxygens (including phenoxy) is 2. The minimum atomic E-state index is -0.344. The van der Waals surface area contributed by atoms with E-state index in [-0.39, 0.29) is 54.7 Å². The molecule has 1 saturated carbocycles. The van der Waals surface area contributed by atoms with Crippen molar-refractivity contribution in [3.63, 3.8) is 0 Å². The molecule has 0 spiro atoms. The zero-order valence-corrected chi connectivity index (χ0v) is 22.8. The summed E-state index contributed by atoms with van der Waals surface area (Å²) >= 11 is 6.35. The molecule has 0 radical (unpaired) electrons. The number of hydrogen-bond donors (Lipinski definition) is 0. The van der Waals surface area contributed by atoms with Gasteiger partial charge in [0.25, 0.3) is 0 Å². The lowest BCUT2D eigenvalue weighted by Gasteiger charge is -2.34. The first-order chi connectivity index (χ1) is 18.4. The number of halogens is 2. The zero-order chi connectivity index (χ0) is 26.6. The predicted molar refractivity (Wildman–Crippen MR) is 144 cm³/mol. The van der Waals surface area contributed by atoms with Crippen molar-refractivity contribution in [2.24, 2.45) is 5.92 Å². The fourth-order valence-corrected chi connectivity index (χ4v) is 6.54. The van der Waals surface area contributed by atoms with Crippen LogP contribution in [0.25, 0.3) is 0 Å². The maximum absolute atomic E-state index is 14.2. The van der Waals surface area contributed by atoms with Crippen LogP contribution in [0.5, 0.6) is 11.5 Å². The Morgan fingerprint density at radius 3 is 2.50 bits per heavy atom. The van der Waals surface area contributed by atoms with Crippen molar-refractivity contribution in [1.29, 1.82) is 0 Å². The van der Waals surface area contributed by atoms with Crippen molar-refractivity contribution in [2.45, 2.75) is 70.4 Å². The Hall–Kier alpha value is -2.64. The number of fused-ring (bicyclic) bond motifs is 1. The maximum atomic E-state index is 14.2. The molecule has 2 aromatic carbocycles. The molecule has 3 aliphatic rings. The summed E-state index contributed by atoms with van der Waals surface area (Å²) in [6, 6.07) is 9.55. The quantitative estimate of drug-likeness (QED) is 0.340. The highest BCUT2D eigenvalue weighted by molar-refractivity contribution is 6.31. The number of nitrogens with zero attached hydrogens (tertiary/aromatic N) is 2. The molecule has 1 heterocycles. The lowest BCUT2D eigenvalue weighted by molar-refractivity contribution is -0.138. The molecule has 0 aromatic heterocycles. The summed E-state index contributed by atoms with van der Waals surface area (Å²) in [4.78, 5) is 27.5. The highest BCUT2D eigenvalue weighted by Gasteiger charge is 2.32. The minimum absolute atomic E-state index is 0.142. The van der Waals surface area contributed by atoms with Gasteiger partial charge in [-0.05, 0) is 66.5 Å². The molecule has 38 heavy (non-hydrogen) atoms. The molecule has 8 heteroatoms. The van der Waals surface area contributed by atoms with Gasteiger partial charge in [0.2, 0.25) is 11.8 Å². The molecular weight excluding hydrogens is 507 g/mol. The van der Waals surface area contributed by atoms with Gasteiger partial charge >= 0.3 is 0 Å². The number of methoxy groups -OCH3 is 1. The number of imide groups is 1. The number of amides is 2. The average Bonchev–Trinajstić information content (AvgIpc) is 3.50. The summed E-state index contributed by atoms with van der Waals surface area (Å²) < 4.78 is 25.7. The second-order valence-corrected chi connectivity index (χ2v) is 11.1. The Bertz CT molecular complexity index is 1170. The standard InChI is InChI=1S/C30H36ClFN2O4/c1-37-27-17-21(7-12-26(27)38-16-15-34-28(35)13-14-29(34)36)19-33(18-20-5-3-2-4-6-20)25-11-9-23-22(25)8-10-24(32)30(23)31/h7-8,10,12,17,20,25H,2-6,9,11,13-16,18-19H2,1H3. The monoisotopic (exact) mass is 542 g/mol. The van der Waals surface area contributed by atoms with Gasteiger partial charge in [-0.1, -0.05) is 43.0 Å². The minimum Gasteiger partial charge on any atom is -0.493 e. The van der Waals surface area contributed by atoms with Gasteiger partial charge in [0, 0.05) is 32.0 Å². The summed E-state index contributed by atoms with van der Waals surface area (Å²) in [7, 11) is 1.61. The van der Waals surface area contributed by atoms with Crippen molar-refractivity contribution in [3.8, 4) is 11.5 Å². The summed E-state index contributed by atoms with van der Waals surface area (Å²) in [5.41, 5.74) is 3.20. The third-order valence-corrected chi connectivity index (χ3v) is 8.67. The molecule has 1 atom stereocenters. The van der Waals surface area contributed by atoms with Crippen LogP contribution in [0, 0.1) is 11.7 Å². The Morgan fingerprint density at radius 1 is 1.00 bits per heavy atom. The van der Waals surface area contributed by atoms with Crippen LogP contribution in [0.1, 0.15) is 74.1 Å². The number of likely N-dealkylation sites (tertiary alicyclic amines) is 1. The van der Waals surface area contributed by atoms with Crippen LogP contribution >= 0.6 is 11.6 Å². The van der Waals surface area contributed by atoms with E-state index >= 15 is 0 Å². The summed E-state index contributed by atoms with van der Waals surface area (Å²) in [6.07, 6.45) is 8.65. The number of rotatable bonds is 10. The fourth-order valence-electron chi connectivity index (χ4n) is 6.28. The molecule has 2 aromatic rings. The van der Waals surface area contributed by atoms with E-state index in [1.165, 1.54) is 43.1 Å². The molecule has 204 valence electrons. The molecule has 0 bridgehead atoms. The van der Waals surface area contributed by atoms with E-state index in [0.29, 0.717) is 17.4 Å². The van der Waals surface area contributed by atoms with E-state index < -0.39 is 0 Å². The Kier molecular flexibility index (Phi) is 8.54. The predicted octanol–water partition coefficient (Wildman–Crippen LogP) is 6.09. The molecule has 1 unspecified atom stereocenters. The topological polar surface area (TPSA) is 59.1 Å². The molecule has 2 fully saturated rings. The van der Waals surface area contributed by atoms with Gasteiger partial charge in [-0.2, -0.15) is 0 Å². The summed E-state index contributed by atoms with van der Waals surface area (Å²) in [6.45, 7) is 2.19. The Labute approximate surface area is 229 Å². The lowest BCUT2D eigenvalue weighted by Crippen LogP contribution is -2.33. The van der Waals surface area contributed by atoms with E-state index in [9.17, 15) is 14.0 Å². The van der Waals surface area contributed by atoms with Crippen LogP contribution in [-0.4, -0.2) is 48.4 Å². The first-order valence-electron chi connectivity index (χ1n) is 13.8.